The number of fused-ring (bicyclic) bond motifs is 4. The minimum absolute atomic E-state index is 0.172. The van der Waals surface area contributed by atoms with Gasteiger partial charge in [-0.3, -0.25) is 9.88 Å². The minimum atomic E-state index is -0.221. The Morgan fingerprint density at radius 2 is 2.09 bits per heavy atom. The van der Waals surface area contributed by atoms with Crippen molar-refractivity contribution < 1.29 is 23.7 Å². The lowest BCUT2D eigenvalue weighted by Gasteiger charge is -2.29. The molecule has 6 rings (SSSR count). The molecule has 3 aromatic rings. The fraction of sp³-hybridized carbons (Fsp3) is 0.360. The van der Waals surface area contributed by atoms with Crippen LogP contribution in [0.25, 0.3) is 10.9 Å². The lowest BCUT2D eigenvalue weighted by molar-refractivity contribution is 0.241. The first-order valence-corrected chi connectivity index (χ1v) is 11.5. The molecule has 1 fully saturated rings. The third-order valence-corrected chi connectivity index (χ3v) is 6.50. The van der Waals surface area contributed by atoms with Crippen LogP contribution in [0.1, 0.15) is 18.4 Å². The molecule has 0 unspecified atom stereocenters. The molecule has 3 aliphatic rings. The van der Waals surface area contributed by atoms with E-state index in [1.165, 1.54) is 0 Å². The summed E-state index contributed by atoms with van der Waals surface area (Å²) in [7, 11) is 1.61. The average molecular weight is 463 g/mol. The maximum atomic E-state index is 12.2. The summed E-state index contributed by atoms with van der Waals surface area (Å²) in [5.41, 5.74) is 8.50. The number of pyridine rings is 1. The summed E-state index contributed by atoms with van der Waals surface area (Å²) in [6.45, 7) is 1.95. The normalized spacial score (nSPS) is 17.3. The van der Waals surface area contributed by atoms with E-state index in [1.807, 2.05) is 24.3 Å². The third-order valence-electron chi connectivity index (χ3n) is 6.50. The van der Waals surface area contributed by atoms with Crippen molar-refractivity contribution in [3.63, 3.8) is 0 Å². The second-order valence-electron chi connectivity index (χ2n) is 8.92. The lowest BCUT2D eigenvalue weighted by Crippen LogP contribution is -2.42. The number of ether oxygens (including phenoxy) is 4. The number of carbonyl (C=O) groups is 1. The van der Waals surface area contributed by atoms with Gasteiger partial charge in [0.25, 0.3) is 0 Å². The fourth-order valence-corrected chi connectivity index (χ4v) is 4.43. The molecule has 2 aliphatic heterocycles. The largest absolute Gasteiger partial charge is 0.489 e. The predicted molar refractivity (Wildman–Crippen MR) is 126 cm³/mol. The van der Waals surface area contributed by atoms with Crippen LogP contribution in [0.3, 0.4) is 0 Å². The van der Waals surface area contributed by atoms with Gasteiger partial charge < -0.3 is 30.0 Å². The summed E-state index contributed by atoms with van der Waals surface area (Å²) in [5.74, 6) is 3.31. The molecule has 1 aromatic heterocycles. The highest BCUT2D eigenvalue weighted by Crippen LogP contribution is 2.46. The second kappa shape index (κ2) is 7.95. The van der Waals surface area contributed by atoms with E-state index in [0.29, 0.717) is 55.1 Å². The average Bonchev–Trinajstić information content (AvgIpc) is 3.38. The summed E-state index contributed by atoms with van der Waals surface area (Å²) in [4.78, 5) is 18.4. The number of nitrogens with one attached hydrogen (secondary N) is 1. The van der Waals surface area contributed by atoms with Crippen LogP contribution in [0.5, 0.6) is 28.7 Å². The number of aromatic nitrogens is 1. The summed E-state index contributed by atoms with van der Waals surface area (Å²) in [6, 6.07) is 9.05. The van der Waals surface area contributed by atoms with Crippen molar-refractivity contribution in [1.29, 1.82) is 0 Å². The zero-order chi connectivity index (χ0) is 23.3. The molecule has 0 spiro atoms. The first kappa shape index (κ1) is 20.9. The smallest absolute Gasteiger partial charge is 0.321 e. The number of hydrogen-bond acceptors (Lipinski definition) is 7. The Labute approximate surface area is 196 Å². The van der Waals surface area contributed by atoms with Crippen LogP contribution >= 0.6 is 0 Å². The molecule has 3 N–H and O–H groups in total. The first-order chi connectivity index (χ1) is 16.5. The van der Waals surface area contributed by atoms with Crippen molar-refractivity contribution in [3.8, 4) is 28.7 Å². The van der Waals surface area contributed by atoms with Gasteiger partial charge in [-0.1, -0.05) is 0 Å². The zero-order valence-corrected chi connectivity index (χ0v) is 18.9. The molecule has 2 amide bonds. The number of nitrogens with zero attached hydrogens (tertiary/aromatic N) is 2. The number of benzene rings is 2. The Bertz CT molecular complexity index is 1290. The number of hydrogen-bond donors (Lipinski definition) is 2. The monoisotopic (exact) mass is 462 g/mol. The SMILES string of the molecule is CNC(=O)N1CCOc2cc(Oc3ccnc4cc(OCC5(N)CC5)c5c(c34)CCO5)ccc21. The van der Waals surface area contributed by atoms with Crippen LogP contribution in [-0.4, -0.2) is 50.0 Å². The number of carbonyl (C=O) groups excluding carboxylic acids is 1. The van der Waals surface area contributed by atoms with E-state index < -0.39 is 0 Å². The van der Waals surface area contributed by atoms with E-state index in [9.17, 15) is 4.79 Å². The Balaban J connectivity index is 1.34. The number of anilines is 1. The quantitative estimate of drug-likeness (QED) is 0.598. The number of rotatable bonds is 5. The Morgan fingerprint density at radius 3 is 2.91 bits per heavy atom. The highest BCUT2D eigenvalue weighted by Gasteiger charge is 2.39. The van der Waals surface area contributed by atoms with E-state index in [2.05, 4.69) is 10.3 Å². The maximum Gasteiger partial charge on any atom is 0.321 e. The van der Waals surface area contributed by atoms with E-state index >= 15 is 0 Å². The summed E-state index contributed by atoms with van der Waals surface area (Å²) >= 11 is 0. The van der Waals surface area contributed by atoms with Crippen LogP contribution in [0.4, 0.5) is 10.5 Å². The van der Waals surface area contributed by atoms with Crippen LogP contribution in [0.15, 0.2) is 36.5 Å². The molecule has 0 saturated heterocycles. The van der Waals surface area contributed by atoms with Crippen LogP contribution < -0.4 is 34.9 Å². The second-order valence-corrected chi connectivity index (χ2v) is 8.92. The Hall–Kier alpha value is -3.72. The summed E-state index contributed by atoms with van der Waals surface area (Å²) < 4.78 is 24.1. The molecule has 176 valence electrons. The van der Waals surface area contributed by atoms with Gasteiger partial charge in [-0.2, -0.15) is 0 Å². The van der Waals surface area contributed by atoms with E-state index in [0.717, 1.165) is 41.5 Å². The summed E-state index contributed by atoms with van der Waals surface area (Å²) in [6.07, 6.45) is 4.42. The molecular formula is C25H26N4O5. The van der Waals surface area contributed by atoms with Gasteiger partial charge in [-0.25, -0.2) is 4.79 Å². The van der Waals surface area contributed by atoms with Crippen molar-refractivity contribution >= 4 is 22.6 Å². The van der Waals surface area contributed by atoms with E-state index in [1.54, 1.807) is 24.2 Å². The van der Waals surface area contributed by atoms with Crippen LogP contribution in [0.2, 0.25) is 0 Å². The molecule has 0 atom stereocenters. The van der Waals surface area contributed by atoms with Crippen LogP contribution in [-0.2, 0) is 6.42 Å². The molecule has 2 aromatic carbocycles. The van der Waals surface area contributed by atoms with E-state index in [-0.39, 0.29) is 11.6 Å². The lowest BCUT2D eigenvalue weighted by atomic mass is 10.0. The van der Waals surface area contributed by atoms with Crippen molar-refractivity contribution in [2.45, 2.75) is 24.8 Å². The number of amides is 2. The topological polar surface area (TPSA) is 108 Å². The van der Waals surface area contributed by atoms with Gasteiger partial charge in [0.2, 0.25) is 0 Å². The van der Waals surface area contributed by atoms with Crippen molar-refractivity contribution in [3.05, 3.63) is 42.1 Å². The third kappa shape index (κ3) is 3.62. The van der Waals surface area contributed by atoms with Gasteiger partial charge in [0.15, 0.2) is 11.5 Å². The van der Waals surface area contributed by atoms with Gasteiger partial charge in [0, 0.05) is 37.4 Å². The molecule has 1 aliphatic carbocycles. The molecule has 34 heavy (non-hydrogen) atoms. The van der Waals surface area contributed by atoms with Crippen molar-refractivity contribution in [2.24, 2.45) is 5.73 Å². The maximum absolute atomic E-state index is 12.2. The molecule has 9 heteroatoms. The Morgan fingerprint density at radius 1 is 1.21 bits per heavy atom. The highest BCUT2D eigenvalue weighted by molar-refractivity contribution is 5.94. The Kier molecular flexibility index (Phi) is 4.88. The van der Waals surface area contributed by atoms with Gasteiger partial charge >= 0.3 is 6.03 Å². The molecule has 3 heterocycles. The van der Waals surface area contributed by atoms with Crippen molar-refractivity contribution in [1.82, 2.24) is 10.3 Å². The molecule has 9 nitrogen and oxygen atoms in total. The van der Waals surface area contributed by atoms with E-state index in [4.69, 9.17) is 24.7 Å². The molecule has 0 radical (unpaired) electrons. The molecule has 0 bridgehead atoms. The molecular weight excluding hydrogens is 436 g/mol. The van der Waals surface area contributed by atoms with Gasteiger partial charge in [-0.15, -0.1) is 0 Å². The first-order valence-electron chi connectivity index (χ1n) is 11.5. The van der Waals surface area contributed by atoms with Crippen molar-refractivity contribution in [2.75, 3.05) is 38.3 Å². The van der Waals surface area contributed by atoms with Gasteiger partial charge in [-0.05, 0) is 31.0 Å². The van der Waals surface area contributed by atoms with Gasteiger partial charge in [0.05, 0.1) is 35.3 Å². The van der Waals surface area contributed by atoms with Gasteiger partial charge in [0.1, 0.15) is 30.5 Å². The highest BCUT2D eigenvalue weighted by atomic mass is 16.5. The van der Waals surface area contributed by atoms with Crippen LogP contribution in [0, 0.1) is 0 Å². The molecule has 1 saturated carbocycles. The fourth-order valence-electron chi connectivity index (χ4n) is 4.43. The zero-order valence-electron chi connectivity index (χ0n) is 18.9. The number of urea groups is 1. The number of nitrogens with two attached hydrogens (primary N) is 1. The minimum Gasteiger partial charge on any atom is -0.489 e. The standard InChI is InChI=1S/C25H26N4O5/c1-27-24(30)29-9-11-31-20-12-15(2-3-18(20)29)34-19-4-8-28-17-13-21(33-14-25(26)6-7-25)23-16(22(17)19)5-10-32-23/h2-4,8,12-13H,5-7,9-11,14,26H2,1H3,(H,27,30). The predicted octanol–water partition coefficient (Wildman–Crippen LogP) is 3.37. The summed E-state index contributed by atoms with van der Waals surface area (Å²) in [5, 5.41) is 3.57.